The molecule has 1 aliphatic rings. The van der Waals surface area contributed by atoms with Crippen molar-refractivity contribution in [3.8, 4) is 0 Å². The third-order valence-corrected chi connectivity index (χ3v) is 2.41. The maximum absolute atomic E-state index is 3.74. The lowest BCUT2D eigenvalue weighted by Crippen LogP contribution is -1.97. The van der Waals surface area contributed by atoms with Gasteiger partial charge in [0.1, 0.15) is 0 Å². The Morgan fingerprint density at radius 2 is 1.64 bits per heavy atom. The number of benzene rings is 1. The Kier molecular flexibility index (Phi) is 2.64. The van der Waals surface area contributed by atoms with Crippen molar-refractivity contribution in [2.75, 3.05) is 0 Å². The molecule has 0 aliphatic heterocycles. The fourth-order valence-electron chi connectivity index (χ4n) is 1.58. The van der Waals surface area contributed by atoms with Gasteiger partial charge in [-0.05, 0) is 5.56 Å². The Morgan fingerprint density at radius 1 is 1.00 bits per heavy atom. The SMILES string of the molecule is C=C[C]1C=CC(c2ccccc2)C=C1. The van der Waals surface area contributed by atoms with Crippen LogP contribution in [0.2, 0.25) is 0 Å². The van der Waals surface area contributed by atoms with E-state index in [1.54, 1.807) is 0 Å². The number of rotatable bonds is 2. The molecule has 14 heavy (non-hydrogen) atoms. The van der Waals surface area contributed by atoms with Gasteiger partial charge >= 0.3 is 0 Å². The first kappa shape index (κ1) is 9.01. The Balaban J connectivity index is 2.17. The zero-order valence-electron chi connectivity index (χ0n) is 8.06. The zero-order chi connectivity index (χ0) is 9.80. The van der Waals surface area contributed by atoms with Crippen LogP contribution in [0.4, 0.5) is 0 Å². The minimum Gasteiger partial charge on any atom is -0.102 e. The maximum Gasteiger partial charge on any atom is 0.0401 e. The van der Waals surface area contributed by atoms with Gasteiger partial charge in [-0.2, -0.15) is 0 Å². The highest BCUT2D eigenvalue weighted by Gasteiger charge is 2.08. The highest BCUT2D eigenvalue weighted by Crippen LogP contribution is 2.25. The van der Waals surface area contributed by atoms with Crippen LogP contribution in [0, 0.1) is 5.92 Å². The van der Waals surface area contributed by atoms with Crippen LogP contribution in [0.3, 0.4) is 0 Å². The second kappa shape index (κ2) is 4.10. The molecule has 0 spiro atoms. The van der Waals surface area contributed by atoms with Crippen molar-refractivity contribution in [2.45, 2.75) is 5.92 Å². The van der Waals surface area contributed by atoms with Gasteiger partial charge in [0.05, 0.1) is 0 Å². The summed E-state index contributed by atoms with van der Waals surface area (Å²) in [6.07, 6.45) is 10.5. The minimum absolute atomic E-state index is 0.417. The smallest absolute Gasteiger partial charge is 0.0401 e. The summed E-state index contributed by atoms with van der Waals surface area (Å²) in [4.78, 5) is 0. The molecule has 1 aromatic rings. The summed E-state index contributed by atoms with van der Waals surface area (Å²) in [6.45, 7) is 3.74. The molecule has 0 fully saturated rings. The molecule has 0 unspecified atom stereocenters. The Hall–Kier alpha value is -1.56. The van der Waals surface area contributed by atoms with Crippen LogP contribution in [-0.4, -0.2) is 0 Å². The van der Waals surface area contributed by atoms with Crippen LogP contribution in [0.5, 0.6) is 0 Å². The van der Waals surface area contributed by atoms with Gasteiger partial charge in [0.2, 0.25) is 0 Å². The van der Waals surface area contributed by atoms with E-state index in [0.29, 0.717) is 5.92 Å². The van der Waals surface area contributed by atoms with E-state index in [4.69, 9.17) is 0 Å². The summed E-state index contributed by atoms with van der Waals surface area (Å²) in [6, 6.07) is 10.5. The summed E-state index contributed by atoms with van der Waals surface area (Å²) in [5.41, 5.74) is 1.34. The summed E-state index contributed by atoms with van der Waals surface area (Å²) >= 11 is 0. The molecule has 0 heterocycles. The molecule has 0 saturated carbocycles. The van der Waals surface area contributed by atoms with Crippen LogP contribution in [-0.2, 0) is 0 Å². The van der Waals surface area contributed by atoms with Crippen molar-refractivity contribution in [1.82, 2.24) is 0 Å². The summed E-state index contributed by atoms with van der Waals surface area (Å²) < 4.78 is 0. The van der Waals surface area contributed by atoms with Crippen LogP contribution in [0.25, 0.3) is 0 Å². The van der Waals surface area contributed by atoms with Gasteiger partial charge in [-0.25, -0.2) is 0 Å². The molecule has 0 aromatic heterocycles. The van der Waals surface area contributed by atoms with E-state index in [2.05, 4.69) is 55.1 Å². The normalized spacial score (nSPS) is 17.1. The summed E-state index contributed by atoms with van der Waals surface area (Å²) in [5.74, 6) is 1.59. The average Bonchev–Trinajstić information content (AvgIpc) is 2.30. The van der Waals surface area contributed by atoms with E-state index in [1.165, 1.54) is 11.5 Å². The maximum atomic E-state index is 3.74. The van der Waals surface area contributed by atoms with Crippen molar-refractivity contribution in [2.24, 2.45) is 0 Å². The van der Waals surface area contributed by atoms with Crippen LogP contribution < -0.4 is 0 Å². The van der Waals surface area contributed by atoms with E-state index in [9.17, 15) is 0 Å². The molecule has 69 valence electrons. The molecule has 0 bridgehead atoms. The predicted molar refractivity (Wildman–Crippen MR) is 60.9 cm³/mol. The monoisotopic (exact) mass is 181 g/mol. The van der Waals surface area contributed by atoms with Gasteiger partial charge < -0.3 is 0 Å². The van der Waals surface area contributed by atoms with Gasteiger partial charge in [0.25, 0.3) is 0 Å². The van der Waals surface area contributed by atoms with Crippen molar-refractivity contribution >= 4 is 0 Å². The van der Waals surface area contributed by atoms with Crippen LogP contribution >= 0.6 is 0 Å². The molecule has 0 heteroatoms. The Labute approximate surface area is 85.3 Å². The van der Waals surface area contributed by atoms with Gasteiger partial charge in [-0.15, -0.1) is 6.58 Å². The molecule has 1 aromatic carbocycles. The van der Waals surface area contributed by atoms with Gasteiger partial charge in [-0.3, -0.25) is 0 Å². The minimum atomic E-state index is 0.417. The molecule has 1 radical (unpaired) electrons. The lowest BCUT2D eigenvalue weighted by atomic mass is 9.91. The fraction of sp³-hybridized carbons (Fsp3) is 0.0714. The number of hydrogen-bond donors (Lipinski definition) is 0. The molecule has 0 atom stereocenters. The largest absolute Gasteiger partial charge is 0.102 e. The number of allylic oxidation sites excluding steroid dienone is 5. The third kappa shape index (κ3) is 1.85. The molecule has 0 amide bonds. The van der Waals surface area contributed by atoms with E-state index < -0.39 is 0 Å². The molecule has 0 nitrogen and oxygen atoms in total. The average molecular weight is 181 g/mol. The van der Waals surface area contributed by atoms with Gasteiger partial charge in [0, 0.05) is 11.8 Å². The van der Waals surface area contributed by atoms with E-state index in [-0.39, 0.29) is 0 Å². The van der Waals surface area contributed by atoms with E-state index in [0.717, 1.165) is 0 Å². The summed E-state index contributed by atoms with van der Waals surface area (Å²) in [7, 11) is 0. The van der Waals surface area contributed by atoms with Gasteiger partial charge in [-0.1, -0.05) is 60.7 Å². The molecular weight excluding hydrogens is 168 g/mol. The van der Waals surface area contributed by atoms with E-state index >= 15 is 0 Å². The van der Waals surface area contributed by atoms with Crippen molar-refractivity contribution in [3.05, 3.63) is 78.8 Å². The standard InChI is InChI=1S/C14H13/c1-2-12-8-10-14(11-9-12)13-6-4-3-5-7-13/h2-11,14H,1H2. The first-order valence-electron chi connectivity index (χ1n) is 4.81. The second-order valence-corrected chi connectivity index (χ2v) is 3.36. The van der Waals surface area contributed by atoms with Crippen LogP contribution in [0.1, 0.15) is 11.5 Å². The molecule has 0 saturated heterocycles. The van der Waals surface area contributed by atoms with Crippen molar-refractivity contribution < 1.29 is 0 Å². The van der Waals surface area contributed by atoms with Crippen molar-refractivity contribution in [1.29, 1.82) is 0 Å². The Morgan fingerprint density at radius 3 is 2.21 bits per heavy atom. The number of hydrogen-bond acceptors (Lipinski definition) is 0. The quantitative estimate of drug-likeness (QED) is 0.653. The second-order valence-electron chi connectivity index (χ2n) is 3.36. The highest BCUT2D eigenvalue weighted by molar-refractivity contribution is 5.41. The van der Waals surface area contributed by atoms with Crippen molar-refractivity contribution in [3.63, 3.8) is 0 Å². The fourth-order valence-corrected chi connectivity index (χ4v) is 1.58. The zero-order valence-corrected chi connectivity index (χ0v) is 8.06. The van der Waals surface area contributed by atoms with Gasteiger partial charge in [0.15, 0.2) is 0 Å². The molecular formula is C14H13. The molecule has 1 aliphatic carbocycles. The lowest BCUT2D eigenvalue weighted by Gasteiger charge is -2.13. The topological polar surface area (TPSA) is 0 Å². The first-order valence-corrected chi connectivity index (χ1v) is 4.81. The molecule has 0 N–H and O–H groups in total. The summed E-state index contributed by atoms with van der Waals surface area (Å²) in [5, 5.41) is 0. The van der Waals surface area contributed by atoms with Crippen LogP contribution in [0.15, 0.2) is 67.3 Å². The third-order valence-electron chi connectivity index (χ3n) is 2.41. The van der Waals surface area contributed by atoms with E-state index in [1.807, 2.05) is 12.1 Å². The predicted octanol–water partition coefficient (Wildman–Crippen LogP) is 3.66. The lowest BCUT2D eigenvalue weighted by molar-refractivity contribution is 1.05. The Bertz CT molecular complexity index is 343. The first-order chi connectivity index (χ1) is 6.90. The highest BCUT2D eigenvalue weighted by atomic mass is 14.1. The molecule has 2 rings (SSSR count).